The minimum Gasteiger partial charge on any atom is -0.481 e. The van der Waals surface area contributed by atoms with Gasteiger partial charge in [-0.05, 0) is 12.8 Å². The number of hydrogen-bond acceptors (Lipinski definition) is 4. The number of carboxylic acid groups (broad SMARTS) is 1. The van der Waals surface area contributed by atoms with E-state index in [9.17, 15) is 14.4 Å². The number of rotatable bonds is 5. The van der Waals surface area contributed by atoms with Crippen LogP contribution in [0.2, 0.25) is 0 Å². The first-order valence-corrected chi connectivity index (χ1v) is 5.71. The summed E-state index contributed by atoms with van der Waals surface area (Å²) in [4.78, 5) is 34.7. The van der Waals surface area contributed by atoms with Crippen LogP contribution in [0.3, 0.4) is 0 Å². The molecule has 0 bridgehead atoms. The van der Waals surface area contributed by atoms with Crippen LogP contribution in [-0.2, 0) is 19.1 Å². The van der Waals surface area contributed by atoms with Crippen molar-refractivity contribution in [3.63, 3.8) is 0 Å². The van der Waals surface area contributed by atoms with Crippen LogP contribution in [0.25, 0.3) is 0 Å². The Kier molecular flexibility index (Phi) is 4.93. The Bertz CT molecular complexity index is 315. The first-order valence-electron chi connectivity index (χ1n) is 5.71. The maximum Gasteiger partial charge on any atom is 0.306 e. The van der Waals surface area contributed by atoms with Gasteiger partial charge in [-0.15, -0.1) is 0 Å². The molecule has 6 heteroatoms. The molecule has 0 aliphatic carbocycles. The van der Waals surface area contributed by atoms with E-state index in [2.05, 4.69) is 0 Å². The fraction of sp³-hybridized carbons (Fsp3) is 0.727. The third kappa shape index (κ3) is 4.05. The minimum absolute atomic E-state index is 0.0482. The molecule has 1 rings (SSSR count). The zero-order valence-corrected chi connectivity index (χ0v) is 9.85. The van der Waals surface area contributed by atoms with Gasteiger partial charge >= 0.3 is 11.9 Å². The quantitative estimate of drug-likeness (QED) is 0.707. The second-order valence-electron chi connectivity index (χ2n) is 4.00. The molecule has 1 atom stereocenters. The lowest BCUT2D eigenvalue weighted by Gasteiger charge is -2.23. The van der Waals surface area contributed by atoms with E-state index in [-0.39, 0.29) is 31.4 Å². The van der Waals surface area contributed by atoms with E-state index in [4.69, 9.17) is 9.84 Å². The summed E-state index contributed by atoms with van der Waals surface area (Å²) < 4.78 is 4.74. The average Bonchev–Trinajstić information content (AvgIpc) is 2.72. The van der Waals surface area contributed by atoms with E-state index in [0.717, 1.165) is 6.42 Å². The van der Waals surface area contributed by atoms with Crippen molar-refractivity contribution in [2.24, 2.45) is 0 Å². The molecule has 1 amide bonds. The topological polar surface area (TPSA) is 83.9 Å². The van der Waals surface area contributed by atoms with Crippen molar-refractivity contribution in [1.82, 2.24) is 4.90 Å². The second-order valence-corrected chi connectivity index (χ2v) is 4.00. The molecule has 0 radical (unpaired) electrons. The van der Waals surface area contributed by atoms with Crippen molar-refractivity contribution in [3.05, 3.63) is 0 Å². The molecular formula is C11H17NO5. The highest BCUT2D eigenvalue weighted by atomic mass is 16.5. The van der Waals surface area contributed by atoms with Crippen LogP contribution >= 0.6 is 0 Å². The third-order valence-electron chi connectivity index (χ3n) is 2.75. The van der Waals surface area contributed by atoms with Crippen molar-refractivity contribution in [1.29, 1.82) is 0 Å². The number of carboxylic acids is 1. The summed E-state index contributed by atoms with van der Waals surface area (Å²) >= 11 is 0. The molecule has 1 N–H and O–H groups in total. The molecule has 1 fully saturated rings. The molecule has 1 aliphatic heterocycles. The lowest BCUT2D eigenvalue weighted by atomic mass is 10.1. The fourth-order valence-electron chi connectivity index (χ4n) is 1.91. The van der Waals surface area contributed by atoms with Crippen molar-refractivity contribution >= 4 is 17.8 Å². The maximum atomic E-state index is 11.7. The summed E-state index contributed by atoms with van der Waals surface area (Å²) in [6.45, 7) is 1.90. The van der Waals surface area contributed by atoms with Gasteiger partial charge < -0.3 is 14.7 Å². The monoisotopic (exact) mass is 243 g/mol. The van der Waals surface area contributed by atoms with E-state index >= 15 is 0 Å². The zero-order chi connectivity index (χ0) is 12.8. The molecule has 0 spiro atoms. The first kappa shape index (κ1) is 13.5. The van der Waals surface area contributed by atoms with Crippen LogP contribution in [0.1, 0.15) is 32.6 Å². The normalized spacial score (nSPS) is 19.1. The average molecular weight is 243 g/mol. The van der Waals surface area contributed by atoms with Crippen LogP contribution in [-0.4, -0.2) is 47.0 Å². The Morgan fingerprint density at radius 3 is 2.71 bits per heavy atom. The van der Waals surface area contributed by atoms with Crippen LogP contribution < -0.4 is 0 Å². The van der Waals surface area contributed by atoms with Crippen molar-refractivity contribution in [3.8, 4) is 0 Å². The summed E-state index contributed by atoms with van der Waals surface area (Å²) in [5.74, 6) is -1.65. The summed E-state index contributed by atoms with van der Waals surface area (Å²) in [5.41, 5.74) is 0. The molecule has 0 saturated carbocycles. The van der Waals surface area contributed by atoms with E-state index in [1.54, 1.807) is 6.92 Å². The predicted molar refractivity (Wildman–Crippen MR) is 58.2 cm³/mol. The predicted octanol–water partition coefficient (Wildman–Crippen LogP) is 0.405. The van der Waals surface area contributed by atoms with Crippen LogP contribution in [0.4, 0.5) is 0 Å². The van der Waals surface area contributed by atoms with E-state index in [1.807, 2.05) is 0 Å². The van der Waals surface area contributed by atoms with Crippen LogP contribution in [0.5, 0.6) is 0 Å². The Balaban J connectivity index is 2.44. The fourth-order valence-corrected chi connectivity index (χ4v) is 1.91. The largest absolute Gasteiger partial charge is 0.481 e. The van der Waals surface area contributed by atoms with Crippen LogP contribution in [0, 0.1) is 0 Å². The van der Waals surface area contributed by atoms with Crippen molar-refractivity contribution in [2.75, 3.05) is 13.2 Å². The lowest BCUT2D eigenvalue weighted by molar-refractivity contribution is -0.152. The number of ether oxygens (including phenoxy) is 1. The molecule has 0 aromatic carbocycles. The van der Waals surface area contributed by atoms with Gasteiger partial charge in [0, 0.05) is 19.0 Å². The number of hydrogen-bond donors (Lipinski definition) is 1. The van der Waals surface area contributed by atoms with Gasteiger partial charge in [0.15, 0.2) is 6.61 Å². The van der Waals surface area contributed by atoms with Gasteiger partial charge in [0.2, 0.25) is 0 Å². The Morgan fingerprint density at radius 2 is 2.12 bits per heavy atom. The lowest BCUT2D eigenvalue weighted by Crippen LogP contribution is -2.39. The standard InChI is InChI=1S/C11H17NO5/c1-2-11(16)17-7-9(13)12-5-3-4-8(12)6-10(14)15/h8H,2-7H2,1H3,(H,14,15)/t8-/m1/s1. The molecule has 0 unspecified atom stereocenters. The highest BCUT2D eigenvalue weighted by Gasteiger charge is 2.30. The number of aliphatic carboxylic acids is 1. The van der Waals surface area contributed by atoms with E-state index in [0.29, 0.717) is 13.0 Å². The van der Waals surface area contributed by atoms with Gasteiger partial charge in [-0.25, -0.2) is 0 Å². The highest BCUT2D eigenvalue weighted by molar-refractivity contribution is 5.81. The third-order valence-corrected chi connectivity index (χ3v) is 2.75. The second kappa shape index (κ2) is 6.22. The van der Waals surface area contributed by atoms with Gasteiger partial charge in [-0.3, -0.25) is 14.4 Å². The Hall–Kier alpha value is -1.59. The Labute approximate surface area is 99.5 Å². The molecule has 17 heavy (non-hydrogen) atoms. The molecule has 0 aromatic heterocycles. The van der Waals surface area contributed by atoms with Gasteiger partial charge in [0.1, 0.15) is 0 Å². The van der Waals surface area contributed by atoms with Gasteiger partial charge in [-0.1, -0.05) is 6.92 Å². The number of carbonyl (C=O) groups excluding carboxylic acids is 2. The summed E-state index contributed by atoms with van der Waals surface area (Å²) in [7, 11) is 0. The molecule has 96 valence electrons. The van der Waals surface area contributed by atoms with Gasteiger partial charge in [0.05, 0.1) is 6.42 Å². The number of nitrogens with zero attached hydrogens (tertiary/aromatic N) is 1. The molecule has 0 aromatic rings. The number of likely N-dealkylation sites (tertiary alicyclic amines) is 1. The zero-order valence-electron chi connectivity index (χ0n) is 9.85. The summed E-state index contributed by atoms with van der Waals surface area (Å²) in [6.07, 6.45) is 1.67. The van der Waals surface area contributed by atoms with E-state index in [1.165, 1.54) is 4.90 Å². The van der Waals surface area contributed by atoms with Gasteiger partial charge in [-0.2, -0.15) is 0 Å². The summed E-state index contributed by atoms with van der Waals surface area (Å²) in [5, 5.41) is 8.71. The first-order chi connectivity index (χ1) is 8.04. The molecule has 6 nitrogen and oxygen atoms in total. The Morgan fingerprint density at radius 1 is 1.41 bits per heavy atom. The van der Waals surface area contributed by atoms with Gasteiger partial charge in [0.25, 0.3) is 5.91 Å². The van der Waals surface area contributed by atoms with Crippen molar-refractivity contribution in [2.45, 2.75) is 38.6 Å². The number of esters is 1. The molecule has 1 aliphatic rings. The van der Waals surface area contributed by atoms with E-state index < -0.39 is 11.9 Å². The molecule has 1 saturated heterocycles. The number of carbonyl (C=O) groups is 3. The number of amides is 1. The highest BCUT2D eigenvalue weighted by Crippen LogP contribution is 2.20. The molecule has 1 heterocycles. The SMILES string of the molecule is CCC(=O)OCC(=O)N1CCC[C@@H]1CC(=O)O. The minimum atomic E-state index is -0.916. The molecular weight excluding hydrogens is 226 g/mol. The smallest absolute Gasteiger partial charge is 0.306 e. The van der Waals surface area contributed by atoms with Crippen molar-refractivity contribution < 1.29 is 24.2 Å². The maximum absolute atomic E-state index is 11.7. The van der Waals surface area contributed by atoms with Crippen LogP contribution in [0.15, 0.2) is 0 Å². The summed E-state index contributed by atoms with van der Waals surface area (Å²) in [6, 6.07) is -0.264.